The van der Waals surface area contributed by atoms with Gasteiger partial charge >= 0.3 is 0 Å². The van der Waals surface area contributed by atoms with Gasteiger partial charge in [-0.15, -0.1) is 0 Å². The molecule has 0 N–H and O–H groups in total. The second-order valence-corrected chi connectivity index (χ2v) is 21.5. The van der Waals surface area contributed by atoms with E-state index in [2.05, 4.69) is 51.3 Å². The minimum Gasteiger partial charge on any atom is -0.294 e. The SMILES string of the molecule is CC1CCC(N(C2CCC(C)CC2)C2CCC(C3(C4CCC(N(C5CCC(C)CC5)C5CCC(C)CC5)C(C)C4)CCCCC3)CC2C)CC1. The highest BCUT2D eigenvalue weighted by atomic mass is 15.2. The molecule has 0 aromatic carbocycles. The lowest BCUT2D eigenvalue weighted by Gasteiger charge is -2.58. The summed E-state index contributed by atoms with van der Waals surface area (Å²) in [5.74, 6) is 7.61. The van der Waals surface area contributed by atoms with E-state index in [4.69, 9.17) is 0 Å². The molecule has 0 saturated heterocycles. The monoisotopic (exact) mass is 691 g/mol. The fourth-order valence-electron chi connectivity index (χ4n) is 14.9. The molecule has 0 radical (unpaired) electrons. The van der Waals surface area contributed by atoms with Gasteiger partial charge in [0.2, 0.25) is 0 Å². The van der Waals surface area contributed by atoms with Crippen LogP contribution >= 0.6 is 0 Å². The van der Waals surface area contributed by atoms with E-state index in [9.17, 15) is 0 Å². The Bertz CT molecular complexity index is 881. The molecule has 7 saturated carbocycles. The second kappa shape index (κ2) is 17.2. The minimum atomic E-state index is 0.660. The average Bonchev–Trinajstić information content (AvgIpc) is 3.13. The Morgan fingerprint density at radius 2 is 0.640 bits per heavy atom. The lowest BCUT2D eigenvalue weighted by Crippen LogP contribution is -2.57. The lowest BCUT2D eigenvalue weighted by atomic mass is 9.51. The summed E-state index contributed by atoms with van der Waals surface area (Å²) in [4.78, 5) is 6.54. The van der Waals surface area contributed by atoms with Crippen LogP contribution < -0.4 is 0 Å². The highest BCUT2D eigenvalue weighted by Gasteiger charge is 2.52. The molecule has 0 spiro atoms. The molecule has 2 nitrogen and oxygen atoms in total. The molecule has 7 aliphatic carbocycles. The third-order valence-corrected chi connectivity index (χ3v) is 18.1. The first kappa shape index (κ1) is 38.2. The molecule has 50 heavy (non-hydrogen) atoms. The Hall–Kier alpha value is -0.0800. The van der Waals surface area contributed by atoms with Crippen LogP contribution in [0.25, 0.3) is 0 Å². The minimum absolute atomic E-state index is 0.660. The van der Waals surface area contributed by atoms with E-state index in [-0.39, 0.29) is 0 Å². The van der Waals surface area contributed by atoms with E-state index in [1.165, 1.54) is 135 Å². The molecule has 7 rings (SSSR count). The van der Waals surface area contributed by atoms with Crippen molar-refractivity contribution >= 4 is 0 Å². The Balaban J connectivity index is 1.05. The summed E-state index contributed by atoms with van der Waals surface area (Å²) >= 11 is 0. The van der Waals surface area contributed by atoms with Crippen LogP contribution in [0, 0.1) is 52.8 Å². The number of hydrogen-bond acceptors (Lipinski definition) is 2. The van der Waals surface area contributed by atoms with Crippen LogP contribution in [0.3, 0.4) is 0 Å². The van der Waals surface area contributed by atoms with Crippen molar-refractivity contribution in [3.05, 3.63) is 0 Å². The summed E-state index contributed by atoms with van der Waals surface area (Å²) < 4.78 is 0. The Morgan fingerprint density at radius 3 is 0.920 bits per heavy atom. The van der Waals surface area contributed by atoms with E-state index in [0.29, 0.717) is 5.41 Å². The van der Waals surface area contributed by atoms with Crippen molar-refractivity contribution < 1.29 is 0 Å². The molecule has 0 aromatic heterocycles. The normalized spacial score (nSPS) is 46.6. The summed E-state index contributed by atoms with van der Waals surface area (Å²) in [7, 11) is 0. The maximum absolute atomic E-state index is 3.27. The summed E-state index contributed by atoms with van der Waals surface area (Å²) in [5, 5.41) is 0. The molecular formula is C48H86N2. The first-order valence-corrected chi connectivity index (χ1v) is 23.8. The molecule has 0 aliphatic heterocycles. The third kappa shape index (κ3) is 8.42. The number of hydrogen-bond donors (Lipinski definition) is 0. The van der Waals surface area contributed by atoms with Crippen molar-refractivity contribution in [3.63, 3.8) is 0 Å². The Labute approximate surface area is 312 Å². The molecule has 288 valence electrons. The second-order valence-electron chi connectivity index (χ2n) is 21.5. The quantitative estimate of drug-likeness (QED) is 0.250. The number of rotatable bonds is 8. The van der Waals surface area contributed by atoms with Gasteiger partial charge in [-0.25, -0.2) is 0 Å². The topological polar surface area (TPSA) is 6.48 Å². The Kier molecular flexibility index (Phi) is 13.1. The number of nitrogens with zero attached hydrogens (tertiary/aromatic N) is 2. The maximum atomic E-state index is 3.27. The van der Waals surface area contributed by atoms with Gasteiger partial charge in [0, 0.05) is 36.3 Å². The van der Waals surface area contributed by atoms with E-state index in [1.807, 2.05) is 0 Å². The fraction of sp³-hybridized carbons (Fsp3) is 1.00. The van der Waals surface area contributed by atoms with Crippen molar-refractivity contribution in [2.75, 3.05) is 0 Å². The molecule has 0 aromatic rings. The zero-order chi connectivity index (χ0) is 34.8. The molecule has 6 atom stereocenters. The van der Waals surface area contributed by atoms with Gasteiger partial charge in [-0.1, -0.05) is 60.8 Å². The first-order chi connectivity index (χ1) is 24.2. The molecule has 6 unspecified atom stereocenters. The van der Waals surface area contributed by atoms with E-state index in [1.54, 1.807) is 38.5 Å². The first-order valence-electron chi connectivity index (χ1n) is 23.8. The van der Waals surface area contributed by atoms with Gasteiger partial charge in [-0.3, -0.25) is 9.80 Å². The third-order valence-electron chi connectivity index (χ3n) is 18.1. The van der Waals surface area contributed by atoms with Crippen molar-refractivity contribution in [2.24, 2.45) is 52.8 Å². The summed E-state index contributed by atoms with van der Waals surface area (Å²) in [6.45, 7) is 15.6. The van der Waals surface area contributed by atoms with Gasteiger partial charge < -0.3 is 0 Å². The molecular weight excluding hydrogens is 605 g/mol. The van der Waals surface area contributed by atoms with E-state index < -0.39 is 0 Å². The molecule has 2 heteroatoms. The van der Waals surface area contributed by atoms with Gasteiger partial charge in [0.15, 0.2) is 0 Å². The summed E-state index contributed by atoms with van der Waals surface area (Å²) in [5.41, 5.74) is 0.660. The fourth-order valence-corrected chi connectivity index (χ4v) is 14.9. The van der Waals surface area contributed by atoms with Crippen LogP contribution in [0.15, 0.2) is 0 Å². The predicted octanol–water partition coefficient (Wildman–Crippen LogP) is 13.5. The standard InChI is InChI=1S/C48H86N2/c1-34-10-20-42(21-11-34)49(43-22-12-35(2)13-23-43)46-28-18-40(32-38(46)5)48(30-8-7-9-31-48)41-19-29-47(39(6)33-41)50(44-24-14-36(3)15-25-44)45-26-16-37(4)17-27-45/h34-47H,7-33H2,1-6H3. The summed E-state index contributed by atoms with van der Waals surface area (Å²) in [6.07, 6.45) is 40.7. The van der Waals surface area contributed by atoms with Gasteiger partial charge in [-0.2, -0.15) is 0 Å². The van der Waals surface area contributed by atoms with E-state index >= 15 is 0 Å². The van der Waals surface area contributed by atoms with E-state index in [0.717, 1.165) is 83.6 Å². The van der Waals surface area contributed by atoms with Crippen molar-refractivity contribution in [3.8, 4) is 0 Å². The highest BCUT2D eigenvalue weighted by molar-refractivity contribution is 5.04. The molecule has 7 fully saturated rings. The molecule has 0 bridgehead atoms. The smallest absolute Gasteiger partial charge is 0.0127 e. The predicted molar refractivity (Wildman–Crippen MR) is 215 cm³/mol. The van der Waals surface area contributed by atoms with Crippen LogP contribution in [0.5, 0.6) is 0 Å². The van der Waals surface area contributed by atoms with Gasteiger partial charge in [0.25, 0.3) is 0 Å². The van der Waals surface area contributed by atoms with Gasteiger partial charge in [-0.05, 0) is 207 Å². The van der Waals surface area contributed by atoms with Crippen LogP contribution in [0.2, 0.25) is 0 Å². The van der Waals surface area contributed by atoms with Crippen LogP contribution in [-0.4, -0.2) is 46.1 Å². The van der Waals surface area contributed by atoms with Crippen LogP contribution in [0.4, 0.5) is 0 Å². The maximum Gasteiger partial charge on any atom is 0.0127 e. The van der Waals surface area contributed by atoms with Crippen molar-refractivity contribution in [2.45, 2.75) is 251 Å². The molecule has 7 aliphatic rings. The lowest BCUT2D eigenvalue weighted by molar-refractivity contribution is -0.0816. The molecule has 0 heterocycles. The van der Waals surface area contributed by atoms with Gasteiger partial charge in [0.05, 0.1) is 0 Å². The summed E-state index contributed by atoms with van der Waals surface area (Å²) in [6, 6.07) is 5.27. The molecule has 0 amide bonds. The van der Waals surface area contributed by atoms with Crippen molar-refractivity contribution in [1.29, 1.82) is 0 Å². The zero-order valence-corrected chi connectivity index (χ0v) is 34.6. The van der Waals surface area contributed by atoms with Gasteiger partial charge in [0.1, 0.15) is 0 Å². The zero-order valence-electron chi connectivity index (χ0n) is 34.6. The van der Waals surface area contributed by atoms with Crippen LogP contribution in [0.1, 0.15) is 215 Å². The average molecular weight is 691 g/mol. The highest BCUT2D eigenvalue weighted by Crippen LogP contribution is 2.59. The van der Waals surface area contributed by atoms with Crippen LogP contribution in [-0.2, 0) is 0 Å². The largest absolute Gasteiger partial charge is 0.294 e. The Morgan fingerprint density at radius 1 is 0.340 bits per heavy atom. The van der Waals surface area contributed by atoms with Crippen molar-refractivity contribution in [1.82, 2.24) is 9.80 Å².